The monoisotopic (exact) mass is 434 g/mol. The molecule has 0 saturated carbocycles. The van der Waals surface area contributed by atoms with E-state index in [1.807, 2.05) is 36.1 Å². The number of piperidine rings is 1. The highest BCUT2D eigenvalue weighted by Crippen LogP contribution is 2.23. The Balaban J connectivity index is 1.33. The van der Waals surface area contributed by atoms with E-state index in [9.17, 15) is 14.4 Å². The first kappa shape index (κ1) is 21.6. The first-order valence-corrected chi connectivity index (χ1v) is 10.7. The lowest BCUT2D eigenvalue weighted by atomic mass is 10.0. The van der Waals surface area contributed by atoms with Crippen LogP contribution in [0.15, 0.2) is 57.7 Å². The summed E-state index contributed by atoms with van der Waals surface area (Å²) >= 11 is 0. The SMILES string of the molecule is CC(=O)N1CCC(NC(=O)c2ccc(COc3ccc4c(C)cc(=O)oc4c3)cc2)CC1. The fraction of sp³-hybridized carbons (Fsp3) is 0.320. The van der Waals surface area contributed by atoms with E-state index < -0.39 is 0 Å². The van der Waals surface area contributed by atoms with Crippen LogP contribution in [0.25, 0.3) is 11.0 Å². The van der Waals surface area contributed by atoms with E-state index >= 15 is 0 Å². The van der Waals surface area contributed by atoms with Crippen molar-refractivity contribution in [2.24, 2.45) is 0 Å². The summed E-state index contributed by atoms with van der Waals surface area (Å²) in [5.74, 6) is 0.569. The Hall–Kier alpha value is -3.61. The molecule has 1 aromatic heterocycles. The predicted octanol–water partition coefficient (Wildman–Crippen LogP) is 3.42. The van der Waals surface area contributed by atoms with E-state index in [2.05, 4.69) is 5.32 Å². The zero-order chi connectivity index (χ0) is 22.7. The van der Waals surface area contributed by atoms with Crippen LogP contribution in [-0.2, 0) is 11.4 Å². The van der Waals surface area contributed by atoms with E-state index in [1.54, 1.807) is 25.1 Å². The van der Waals surface area contributed by atoms with Gasteiger partial charge in [-0.15, -0.1) is 0 Å². The second-order valence-corrected chi connectivity index (χ2v) is 8.15. The molecule has 1 aliphatic heterocycles. The average molecular weight is 434 g/mol. The second kappa shape index (κ2) is 9.26. The molecule has 1 saturated heterocycles. The van der Waals surface area contributed by atoms with Crippen molar-refractivity contribution < 1.29 is 18.7 Å². The molecule has 2 aromatic carbocycles. The molecule has 0 radical (unpaired) electrons. The van der Waals surface area contributed by atoms with E-state index in [4.69, 9.17) is 9.15 Å². The van der Waals surface area contributed by atoms with Gasteiger partial charge < -0.3 is 19.4 Å². The zero-order valence-corrected chi connectivity index (χ0v) is 18.2. The topological polar surface area (TPSA) is 88.9 Å². The molecule has 0 aliphatic carbocycles. The molecule has 1 aliphatic rings. The summed E-state index contributed by atoms with van der Waals surface area (Å²) in [7, 11) is 0. The summed E-state index contributed by atoms with van der Waals surface area (Å²) in [6.07, 6.45) is 1.53. The van der Waals surface area contributed by atoms with Crippen LogP contribution in [0, 0.1) is 6.92 Å². The van der Waals surface area contributed by atoms with Crippen LogP contribution in [-0.4, -0.2) is 35.8 Å². The van der Waals surface area contributed by atoms with Crippen molar-refractivity contribution in [3.05, 3.63) is 75.6 Å². The van der Waals surface area contributed by atoms with Gasteiger partial charge in [-0.25, -0.2) is 4.79 Å². The molecule has 2 amide bonds. The predicted molar refractivity (Wildman–Crippen MR) is 121 cm³/mol. The number of nitrogens with zero attached hydrogens (tertiary/aromatic N) is 1. The molecule has 0 unspecified atom stereocenters. The minimum absolute atomic E-state index is 0.0796. The zero-order valence-electron chi connectivity index (χ0n) is 18.2. The van der Waals surface area contributed by atoms with Crippen LogP contribution in [0.5, 0.6) is 5.75 Å². The van der Waals surface area contributed by atoms with Gasteiger partial charge in [0.05, 0.1) is 0 Å². The van der Waals surface area contributed by atoms with Crippen molar-refractivity contribution in [3.63, 3.8) is 0 Å². The highest BCUT2D eigenvalue weighted by atomic mass is 16.5. The number of carbonyl (C=O) groups is 2. The maximum atomic E-state index is 12.5. The molecule has 166 valence electrons. The van der Waals surface area contributed by atoms with Crippen molar-refractivity contribution in [2.75, 3.05) is 13.1 Å². The molecule has 7 nitrogen and oxygen atoms in total. The summed E-state index contributed by atoms with van der Waals surface area (Å²) in [6.45, 7) is 5.12. The first-order chi connectivity index (χ1) is 15.4. The van der Waals surface area contributed by atoms with Crippen LogP contribution in [0.2, 0.25) is 0 Å². The fourth-order valence-corrected chi connectivity index (χ4v) is 3.92. The lowest BCUT2D eigenvalue weighted by Crippen LogP contribution is -2.45. The number of rotatable bonds is 5. The Kier molecular flexibility index (Phi) is 6.25. The summed E-state index contributed by atoms with van der Waals surface area (Å²) < 4.78 is 11.1. The second-order valence-electron chi connectivity index (χ2n) is 8.15. The number of hydrogen-bond donors (Lipinski definition) is 1. The number of aryl methyl sites for hydroxylation is 1. The summed E-state index contributed by atoms with van der Waals surface area (Å²) in [5, 5.41) is 3.93. The van der Waals surface area contributed by atoms with Crippen LogP contribution in [0.3, 0.4) is 0 Å². The van der Waals surface area contributed by atoms with Crippen molar-refractivity contribution >= 4 is 22.8 Å². The summed E-state index contributed by atoms with van der Waals surface area (Å²) in [6, 6.07) is 14.3. The molecule has 32 heavy (non-hydrogen) atoms. The number of ether oxygens (including phenoxy) is 1. The van der Waals surface area contributed by atoms with Crippen LogP contribution in [0.1, 0.15) is 41.3 Å². The first-order valence-electron chi connectivity index (χ1n) is 10.7. The average Bonchev–Trinajstić information content (AvgIpc) is 2.78. The summed E-state index contributed by atoms with van der Waals surface area (Å²) in [5.41, 5.74) is 2.48. The lowest BCUT2D eigenvalue weighted by molar-refractivity contribution is -0.129. The van der Waals surface area contributed by atoms with Gasteiger partial charge >= 0.3 is 5.63 Å². The maximum absolute atomic E-state index is 12.5. The number of benzene rings is 2. The van der Waals surface area contributed by atoms with Crippen molar-refractivity contribution in [2.45, 2.75) is 39.3 Å². The van der Waals surface area contributed by atoms with E-state index in [0.29, 0.717) is 36.6 Å². The molecular formula is C25H26N2O5. The molecule has 1 fully saturated rings. The Morgan fingerprint density at radius 2 is 1.81 bits per heavy atom. The van der Waals surface area contributed by atoms with Gasteiger partial charge in [0.25, 0.3) is 5.91 Å². The van der Waals surface area contributed by atoms with Gasteiger partial charge in [-0.3, -0.25) is 9.59 Å². The van der Waals surface area contributed by atoms with Crippen LogP contribution in [0.4, 0.5) is 0 Å². The number of carbonyl (C=O) groups excluding carboxylic acids is 2. The Morgan fingerprint density at radius 3 is 2.50 bits per heavy atom. The summed E-state index contributed by atoms with van der Waals surface area (Å²) in [4.78, 5) is 37.4. The molecule has 4 rings (SSSR count). The number of hydrogen-bond acceptors (Lipinski definition) is 5. The van der Waals surface area contributed by atoms with Crippen LogP contribution < -0.4 is 15.7 Å². The Morgan fingerprint density at radius 1 is 1.09 bits per heavy atom. The normalized spacial score (nSPS) is 14.4. The van der Waals surface area contributed by atoms with E-state index in [0.717, 1.165) is 29.4 Å². The maximum Gasteiger partial charge on any atom is 0.336 e. The van der Waals surface area contributed by atoms with Crippen molar-refractivity contribution in [3.8, 4) is 5.75 Å². The Bertz CT molecular complexity index is 1190. The number of fused-ring (bicyclic) bond motifs is 1. The van der Waals surface area contributed by atoms with Crippen molar-refractivity contribution in [1.29, 1.82) is 0 Å². The third-order valence-electron chi connectivity index (χ3n) is 5.82. The van der Waals surface area contributed by atoms with Gasteiger partial charge in [0.2, 0.25) is 5.91 Å². The largest absolute Gasteiger partial charge is 0.489 e. The number of likely N-dealkylation sites (tertiary alicyclic amines) is 1. The fourth-order valence-electron chi connectivity index (χ4n) is 3.92. The molecule has 0 spiro atoms. The molecule has 0 atom stereocenters. The van der Waals surface area contributed by atoms with Gasteiger partial charge in [0, 0.05) is 49.1 Å². The highest BCUT2D eigenvalue weighted by molar-refractivity contribution is 5.94. The molecule has 2 heterocycles. The van der Waals surface area contributed by atoms with Crippen molar-refractivity contribution in [1.82, 2.24) is 10.2 Å². The molecule has 1 N–H and O–H groups in total. The van der Waals surface area contributed by atoms with E-state index in [1.165, 1.54) is 6.07 Å². The van der Waals surface area contributed by atoms with E-state index in [-0.39, 0.29) is 23.5 Å². The number of nitrogens with one attached hydrogen (secondary N) is 1. The minimum atomic E-state index is -0.384. The minimum Gasteiger partial charge on any atom is -0.489 e. The highest BCUT2D eigenvalue weighted by Gasteiger charge is 2.22. The molecule has 0 bridgehead atoms. The molecule has 3 aromatic rings. The van der Waals surface area contributed by atoms with Gasteiger partial charge in [-0.1, -0.05) is 12.1 Å². The quantitative estimate of drug-likeness (QED) is 0.622. The third-order valence-corrected chi connectivity index (χ3v) is 5.82. The Labute approximate surface area is 186 Å². The van der Waals surface area contributed by atoms with Gasteiger partial charge in [-0.2, -0.15) is 0 Å². The molecule has 7 heteroatoms. The van der Waals surface area contributed by atoms with Gasteiger partial charge in [0.15, 0.2) is 0 Å². The lowest BCUT2D eigenvalue weighted by Gasteiger charge is -2.31. The van der Waals surface area contributed by atoms with Gasteiger partial charge in [0.1, 0.15) is 17.9 Å². The number of amides is 2. The smallest absolute Gasteiger partial charge is 0.336 e. The molecular weight excluding hydrogens is 408 g/mol. The van der Waals surface area contributed by atoms with Gasteiger partial charge in [-0.05, 0) is 55.2 Å². The standard InChI is InChI=1S/C25H26N2O5/c1-16-13-24(29)32-23-14-21(7-8-22(16)23)31-15-18-3-5-19(6-4-18)25(30)26-20-9-11-27(12-10-20)17(2)28/h3-8,13-14,20H,9-12,15H2,1-2H3,(H,26,30). The third kappa shape index (κ3) is 4.99. The van der Waals surface area contributed by atoms with Crippen LogP contribution >= 0.6 is 0 Å².